The largest absolute Gasteiger partial charge is 0.486 e. The van der Waals surface area contributed by atoms with Gasteiger partial charge in [-0.25, -0.2) is 13.4 Å². The second-order valence-corrected chi connectivity index (χ2v) is 9.32. The molecule has 1 aromatic heterocycles. The number of para-hydroxylation sites is 2. The molecule has 9 heteroatoms. The van der Waals surface area contributed by atoms with Crippen molar-refractivity contribution in [1.29, 1.82) is 0 Å². The molecule has 0 bridgehead atoms. The van der Waals surface area contributed by atoms with E-state index >= 15 is 0 Å². The molecule has 1 aliphatic rings. The van der Waals surface area contributed by atoms with Gasteiger partial charge in [-0.05, 0) is 42.7 Å². The smallest absolute Gasteiger partial charge is 0.229 e. The maximum atomic E-state index is 12.7. The normalized spacial score (nSPS) is 16.0. The zero-order valence-electron chi connectivity index (χ0n) is 15.1. The fourth-order valence-corrected chi connectivity index (χ4v) is 4.90. The van der Waals surface area contributed by atoms with Crippen molar-refractivity contribution in [3.05, 3.63) is 59.9 Å². The number of benzene rings is 2. The number of hydrogen-bond acceptors (Lipinski definition) is 8. The van der Waals surface area contributed by atoms with Crippen molar-refractivity contribution < 1.29 is 22.6 Å². The van der Waals surface area contributed by atoms with Gasteiger partial charge in [-0.3, -0.25) is 0 Å². The highest BCUT2D eigenvalue weighted by Gasteiger charge is 2.30. The van der Waals surface area contributed by atoms with E-state index in [1.165, 1.54) is 0 Å². The van der Waals surface area contributed by atoms with Crippen LogP contribution in [0.4, 0.5) is 0 Å². The highest BCUT2D eigenvalue weighted by molar-refractivity contribution is 7.93. The van der Waals surface area contributed by atoms with E-state index in [1.807, 2.05) is 43.3 Å². The maximum Gasteiger partial charge on any atom is 0.229 e. The Morgan fingerprint density at radius 1 is 1.14 bits per heavy atom. The van der Waals surface area contributed by atoms with Gasteiger partial charge >= 0.3 is 0 Å². The van der Waals surface area contributed by atoms with E-state index in [9.17, 15) is 8.42 Å². The highest BCUT2D eigenvalue weighted by Crippen LogP contribution is 2.31. The predicted molar refractivity (Wildman–Crippen MR) is 104 cm³/mol. The summed E-state index contributed by atoms with van der Waals surface area (Å²) in [5.41, 5.74) is 1.13. The summed E-state index contributed by atoms with van der Waals surface area (Å²) in [6.45, 7) is 2.26. The molecule has 1 unspecified atom stereocenters. The molecule has 2 heterocycles. The minimum Gasteiger partial charge on any atom is -0.486 e. The van der Waals surface area contributed by atoms with E-state index < -0.39 is 15.9 Å². The summed E-state index contributed by atoms with van der Waals surface area (Å²) in [7, 11) is -3.65. The van der Waals surface area contributed by atoms with E-state index in [0.717, 1.165) is 17.1 Å². The summed E-state index contributed by atoms with van der Waals surface area (Å²) in [4.78, 5) is 4.12. The number of fused-ring (bicyclic) bond motifs is 1. The van der Waals surface area contributed by atoms with Crippen LogP contribution in [0, 0.1) is 6.92 Å². The Morgan fingerprint density at radius 3 is 2.68 bits per heavy atom. The number of rotatable bonds is 6. The first-order valence-corrected chi connectivity index (χ1v) is 11.1. The molecule has 0 aliphatic carbocycles. The highest BCUT2D eigenvalue weighted by atomic mass is 32.2. The summed E-state index contributed by atoms with van der Waals surface area (Å²) < 4.78 is 46.3. The lowest BCUT2D eigenvalue weighted by molar-refractivity contribution is 0.106. The van der Waals surface area contributed by atoms with Gasteiger partial charge in [0.2, 0.25) is 14.2 Å². The van der Waals surface area contributed by atoms with Gasteiger partial charge in [-0.15, -0.1) is 0 Å². The predicted octanol–water partition coefficient (Wildman–Crippen LogP) is 3.04. The molecule has 28 heavy (non-hydrogen) atoms. The molecule has 0 amide bonds. The minimum atomic E-state index is -3.65. The van der Waals surface area contributed by atoms with Crippen molar-refractivity contribution in [3.8, 4) is 17.2 Å². The van der Waals surface area contributed by atoms with Crippen LogP contribution in [0.3, 0.4) is 0 Å². The third kappa shape index (κ3) is 4.26. The molecule has 146 valence electrons. The second-order valence-electron chi connectivity index (χ2n) is 6.36. The number of sulfone groups is 1. The first-order chi connectivity index (χ1) is 13.5. The van der Waals surface area contributed by atoms with Gasteiger partial charge in [0.25, 0.3) is 0 Å². The van der Waals surface area contributed by atoms with Crippen molar-refractivity contribution in [2.75, 3.05) is 12.4 Å². The molecule has 0 saturated carbocycles. The van der Waals surface area contributed by atoms with Crippen molar-refractivity contribution in [3.63, 3.8) is 0 Å². The van der Waals surface area contributed by atoms with Crippen LogP contribution in [0.2, 0.25) is 0 Å². The molecular formula is C19H18N2O5S2. The zero-order valence-corrected chi connectivity index (χ0v) is 16.7. The van der Waals surface area contributed by atoms with Crippen molar-refractivity contribution in [2.45, 2.75) is 24.0 Å². The summed E-state index contributed by atoms with van der Waals surface area (Å²) in [5.74, 6) is 1.93. The van der Waals surface area contributed by atoms with Gasteiger partial charge in [-0.2, -0.15) is 4.37 Å². The third-order valence-corrected chi connectivity index (χ3v) is 7.05. The Balaban J connectivity index is 1.39. The van der Waals surface area contributed by atoms with Crippen LogP contribution in [0.25, 0.3) is 0 Å². The average Bonchev–Trinajstić information content (AvgIpc) is 3.17. The standard InChI is InChI=1S/C19H18N2O5S2/c1-13-6-8-14(9-7-13)24-11-18-20-19(27-21-18)28(22,23)12-15-10-25-16-4-2-3-5-17(16)26-15/h2-9,15H,10-12H2,1H3. The lowest BCUT2D eigenvalue weighted by Crippen LogP contribution is -2.35. The van der Waals surface area contributed by atoms with Gasteiger partial charge in [0, 0.05) is 0 Å². The fourth-order valence-electron chi connectivity index (χ4n) is 2.67. The summed E-state index contributed by atoms with van der Waals surface area (Å²) in [5, 5.41) is 0. The molecule has 1 aliphatic heterocycles. The number of aromatic nitrogens is 2. The number of ether oxygens (including phenoxy) is 3. The quantitative estimate of drug-likeness (QED) is 0.608. The molecule has 7 nitrogen and oxygen atoms in total. The molecular weight excluding hydrogens is 400 g/mol. The van der Waals surface area contributed by atoms with Crippen molar-refractivity contribution in [2.24, 2.45) is 0 Å². The van der Waals surface area contributed by atoms with Gasteiger partial charge in [0.05, 0.1) is 5.75 Å². The SMILES string of the molecule is Cc1ccc(OCc2nsc(S(=O)(=O)CC3COc4ccccc4O3)n2)cc1. The Hall–Kier alpha value is -2.65. The topological polar surface area (TPSA) is 87.6 Å². The van der Waals surface area contributed by atoms with E-state index in [1.54, 1.807) is 12.1 Å². The number of hydrogen-bond donors (Lipinski definition) is 0. The van der Waals surface area contributed by atoms with Gasteiger partial charge in [0.1, 0.15) is 25.1 Å². The summed E-state index contributed by atoms with van der Waals surface area (Å²) in [6.07, 6.45) is -0.601. The first kappa shape index (κ1) is 18.7. The summed E-state index contributed by atoms with van der Waals surface area (Å²) >= 11 is 0.843. The third-order valence-electron chi connectivity index (χ3n) is 4.08. The maximum absolute atomic E-state index is 12.7. The Morgan fingerprint density at radius 2 is 1.89 bits per heavy atom. The van der Waals surface area contributed by atoms with Crippen LogP contribution < -0.4 is 14.2 Å². The average molecular weight is 418 g/mol. The molecule has 0 N–H and O–H groups in total. The van der Waals surface area contributed by atoms with Crippen molar-refractivity contribution >= 4 is 21.4 Å². The summed E-state index contributed by atoms with van der Waals surface area (Å²) in [6, 6.07) is 14.7. The first-order valence-electron chi connectivity index (χ1n) is 8.63. The number of aryl methyl sites for hydroxylation is 1. The Labute approximate surface area is 167 Å². The minimum absolute atomic E-state index is 0.0440. The van der Waals surface area contributed by atoms with Crippen LogP contribution in [-0.2, 0) is 16.4 Å². The zero-order chi connectivity index (χ0) is 19.6. The molecule has 0 spiro atoms. The molecule has 3 aromatic rings. The van der Waals surface area contributed by atoms with E-state index in [2.05, 4.69) is 9.36 Å². The second kappa shape index (κ2) is 7.76. The van der Waals surface area contributed by atoms with Crippen LogP contribution in [-0.4, -0.2) is 36.2 Å². The fraction of sp³-hybridized carbons (Fsp3) is 0.263. The van der Waals surface area contributed by atoms with Crippen LogP contribution in [0.5, 0.6) is 17.2 Å². The van der Waals surface area contributed by atoms with E-state index in [-0.39, 0.29) is 23.3 Å². The molecule has 0 radical (unpaired) electrons. The van der Waals surface area contributed by atoms with E-state index in [0.29, 0.717) is 23.1 Å². The Bertz CT molecular complexity index is 1060. The lowest BCUT2D eigenvalue weighted by Gasteiger charge is -2.25. The van der Waals surface area contributed by atoms with Crippen LogP contribution >= 0.6 is 11.5 Å². The van der Waals surface area contributed by atoms with Gasteiger partial charge in [-0.1, -0.05) is 29.8 Å². The number of nitrogens with zero attached hydrogens (tertiary/aromatic N) is 2. The monoisotopic (exact) mass is 418 g/mol. The molecule has 2 aromatic carbocycles. The Kier molecular flexibility index (Phi) is 5.19. The molecule has 0 fully saturated rings. The molecule has 0 saturated heterocycles. The molecule has 4 rings (SSSR count). The van der Waals surface area contributed by atoms with Crippen LogP contribution in [0.15, 0.2) is 52.9 Å². The van der Waals surface area contributed by atoms with E-state index in [4.69, 9.17) is 14.2 Å². The van der Waals surface area contributed by atoms with Gasteiger partial charge in [0.15, 0.2) is 17.3 Å². The van der Waals surface area contributed by atoms with Crippen molar-refractivity contribution in [1.82, 2.24) is 9.36 Å². The van der Waals surface area contributed by atoms with Gasteiger partial charge < -0.3 is 14.2 Å². The molecule has 1 atom stereocenters. The van der Waals surface area contributed by atoms with Crippen LogP contribution in [0.1, 0.15) is 11.4 Å². The lowest BCUT2D eigenvalue weighted by atomic mass is 10.2.